The molecule has 6 nitrogen and oxygen atoms in total. The van der Waals surface area contributed by atoms with Gasteiger partial charge in [0.05, 0.1) is 16.6 Å². The van der Waals surface area contributed by atoms with Crippen molar-refractivity contribution in [3.63, 3.8) is 0 Å². The number of nitrogens with zero attached hydrogens (tertiary/aromatic N) is 2. The number of rotatable bonds is 3. The van der Waals surface area contributed by atoms with E-state index in [0.717, 1.165) is 0 Å². The second-order valence-corrected chi connectivity index (χ2v) is 4.18. The minimum atomic E-state index is -0.508. The molecule has 0 saturated heterocycles. The Morgan fingerprint density at radius 3 is 2.43 bits per heavy atom. The highest BCUT2D eigenvalue weighted by Crippen LogP contribution is 2.19. The Bertz CT molecular complexity index is 722. The van der Waals surface area contributed by atoms with Crippen molar-refractivity contribution in [2.75, 3.05) is 0 Å². The van der Waals surface area contributed by atoms with E-state index in [1.54, 1.807) is 18.2 Å². The number of nitro groups is 1. The van der Waals surface area contributed by atoms with Crippen molar-refractivity contribution < 1.29 is 14.4 Å². The van der Waals surface area contributed by atoms with Crippen LogP contribution in [-0.4, -0.2) is 10.2 Å². The lowest BCUT2D eigenvalue weighted by Gasteiger charge is -2.08. The van der Waals surface area contributed by atoms with Gasteiger partial charge in [-0.15, -0.1) is 0 Å². The van der Waals surface area contributed by atoms with E-state index < -0.39 is 4.92 Å². The van der Waals surface area contributed by atoms with Gasteiger partial charge in [0.15, 0.2) is 0 Å². The Hall–Kier alpha value is -2.98. The number of nitriles is 1. The topological polar surface area (TPSA) is 85.4 Å². The predicted molar refractivity (Wildman–Crippen MR) is 78.1 cm³/mol. The summed E-state index contributed by atoms with van der Waals surface area (Å²) in [5, 5.41) is 19.1. The van der Waals surface area contributed by atoms with Crippen molar-refractivity contribution in [2.24, 2.45) is 0 Å². The third-order valence-corrected chi connectivity index (χ3v) is 2.58. The highest BCUT2D eigenvalue weighted by atomic mass is 32.1. The molecule has 0 atom stereocenters. The van der Waals surface area contributed by atoms with Crippen LogP contribution >= 0.6 is 12.2 Å². The number of benzene rings is 2. The Labute approximate surface area is 125 Å². The minimum Gasteiger partial charge on any atom is -0.417 e. The van der Waals surface area contributed by atoms with E-state index in [0.29, 0.717) is 17.1 Å². The molecule has 21 heavy (non-hydrogen) atoms. The van der Waals surface area contributed by atoms with Gasteiger partial charge in [0.1, 0.15) is 11.5 Å². The van der Waals surface area contributed by atoms with Crippen LogP contribution in [0.15, 0.2) is 48.5 Å². The van der Waals surface area contributed by atoms with Crippen molar-refractivity contribution in [3.8, 4) is 17.6 Å². The second-order valence-electron chi connectivity index (χ2n) is 3.84. The number of nitro benzene ring substituents is 1. The third-order valence-electron chi connectivity index (χ3n) is 2.41. The summed E-state index contributed by atoms with van der Waals surface area (Å²) in [6.45, 7) is 0. The SMILES string of the molecule is N#Cc1cccc(OC(=S)Oc2ccc([N+](=O)[O-])cc2)c1. The van der Waals surface area contributed by atoms with E-state index in [9.17, 15) is 10.1 Å². The molecule has 0 amide bonds. The first-order chi connectivity index (χ1) is 10.1. The van der Waals surface area contributed by atoms with Crippen LogP contribution in [0.2, 0.25) is 0 Å². The summed E-state index contributed by atoms with van der Waals surface area (Å²) >= 11 is 4.92. The summed E-state index contributed by atoms with van der Waals surface area (Å²) in [5.74, 6) is 0.697. The average molecular weight is 300 g/mol. The Balaban J connectivity index is 2.01. The summed E-state index contributed by atoms with van der Waals surface area (Å²) in [4.78, 5) is 10.0. The maximum Gasteiger partial charge on any atom is 0.363 e. The van der Waals surface area contributed by atoms with Gasteiger partial charge in [0.2, 0.25) is 0 Å². The molecule has 0 aliphatic heterocycles. The largest absolute Gasteiger partial charge is 0.417 e. The molecule has 0 bridgehead atoms. The van der Waals surface area contributed by atoms with Crippen molar-refractivity contribution in [1.29, 1.82) is 5.26 Å². The molecule has 0 spiro atoms. The molecule has 0 radical (unpaired) electrons. The van der Waals surface area contributed by atoms with Gasteiger partial charge in [-0.05, 0) is 30.3 Å². The zero-order valence-corrected chi connectivity index (χ0v) is 11.4. The zero-order chi connectivity index (χ0) is 15.2. The molecule has 0 N–H and O–H groups in total. The first-order valence-corrected chi connectivity index (χ1v) is 6.13. The lowest BCUT2D eigenvalue weighted by Crippen LogP contribution is -2.13. The van der Waals surface area contributed by atoms with Crippen molar-refractivity contribution >= 4 is 23.1 Å². The van der Waals surface area contributed by atoms with Gasteiger partial charge in [-0.25, -0.2) is 0 Å². The third kappa shape index (κ3) is 3.99. The molecule has 0 saturated carbocycles. The molecule has 2 rings (SSSR count). The molecule has 0 heterocycles. The fraction of sp³-hybridized carbons (Fsp3) is 0. The van der Waals surface area contributed by atoms with Gasteiger partial charge in [0.25, 0.3) is 5.69 Å². The molecule has 0 aliphatic carbocycles. The van der Waals surface area contributed by atoms with E-state index in [2.05, 4.69) is 0 Å². The van der Waals surface area contributed by atoms with Crippen molar-refractivity contribution in [1.82, 2.24) is 0 Å². The van der Waals surface area contributed by atoms with E-state index in [1.807, 2.05) is 6.07 Å². The molecule has 0 unspecified atom stereocenters. The lowest BCUT2D eigenvalue weighted by molar-refractivity contribution is -0.384. The highest BCUT2D eigenvalue weighted by Gasteiger charge is 2.07. The van der Waals surface area contributed by atoms with E-state index in [4.69, 9.17) is 27.0 Å². The van der Waals surface area contributed by atoms with Crippen LogP contribution in [0.3, 0.4) is 0 Å². The maximum atomic E-state index is 10.5. The highest BCUT2D eigenvalue weighted by molar-refractivity contribution is 7.79. The van der Waals surface area contributed by atoms with E-state index >= 15 is 0 Å². The van der Waals surface area contributed by atoms with Gasteiger partial charge < -0.3 is 9.47 Å². The summed E-state index contributed by atoms with van der Waals surface area (Å²) in [6, 6.07) is 13.8. The minimum absolute atomic E-state index is 0.0455. The van der Waals surface area contributed by atoms with E-state index in [-0.39, 0.29) is 10.9 Å². The van der Waals surface area contributed by atoms with Gasteiger partial charge in [0, 0.05) is 24.4 Å². The fourth-order valence-electron chi connectivity index (χ4n) is 1.48. The summed E-state index contributed by atoms with van der Waals surface area (Å²) in [6.07, 6.45) is 0. The van der Waals surface area contributed by atoms with Crippen LogP contribution in [0.5, 0.6) is 11.5 Å². The number of ether oxygens (including phenoxy) is 2. The molecule has 0 fully saturated rings. The standard InChI is InChI=1S/C14H8N2O4S/c15-9-10-2-1-3-13(8-10)20-14(21)19-12-6-4-11(5-7-12)16(17)18/h1-8H. The Kier molecular flexibility index (Phi) is 4.43. The zero-order valence-electron chi connectivity index (χ0n) is 10.6. The lowest BCUT2D eigenvalue weighted by atomic mass is 10.2. The first kappa shape index (κ1) is 14.4. The molecule has 7 heteroatoms. The summed E-state index contributed by atoms with van der Waals surface area (Å²) in [5.41, 5.74) is 0.390. The predicted octanol–water partition coefficient (Wildman–Crippen LogP) is 3.21. The van der Waals surface area contributed by atoms with Crippen LogP contribution < -0.4 is 9.47 Å². The quantitative estimate of drug-likeness (QED) is 0.491. The van der Waals surface area contributed by atoms with Crippen LogP contribution in [0.25, 0.3) is 0 Å². The molecular weight excluding hydrogens is 292 g/mol. The van der Waals surface area contributed by atoms with E-state index in [1.165, 1.54) is 30.3 Å². The number of non-ortho nitro benzene ring substituents is 1. The Morgan fingerprint density at radius 2 is 1.81 bits per heavy atom. The second kappa shape index (κ2) is 6.45. The average Bonchev–Trinajstić information content (AvgIpc) is 2.47. The summed E-state index contributed by atoms with van der Waals surface area (Å²) < 4.78 is 10.5. The molecule has 0 aromatic heterocycles. The maximum absolute atomic E-state index is 10.5. The number of hydrogen-bond acceptors (Lipinski definition) is 6. The van der Waals surface area contributed by atoms with Crippen molar-refractivity contribution in [3.05, 3.63) is 64.2 Å². The summed E-state index contributed by atoms with van der Waals surface area (Å²) in [7, 11) is 0. The molecule has 0 aliphatic rings. The van der Waals surface area contributed by atoms with Gasteiger partial charge >= 0.3 is 5.24 Å². The van der Waals surface area contributed by atoms with Crippen LogP contribution in [0.1, 0.15) is 5.56 Å². The molecule has 104 valence electrons. The van der Waals surface area contributed by atoms with Gasteiger partial charge in [-0.1, -0.05) is 6.07 Å². The van der Waals surface area contributed by atoms with Gasteiger partial charge in [-0.3, -0.25) is 10.1 Å². The van der Waals surface area contributed by atoms with Crippen LogP contribution in [0.4, 0.5) is 5.69 Å². The molecule has 2 aromatic carbocycles. The first-order valence-electron chi connectivity index (χ1n) is 5.73. The van der Waals surface area contributed by atoms with Crippen molar-refractivity contribution in [2.45, 2.75) is 0 Å². The van der Waals surface area contributed by atoms with Gasteiger partial charge in [-0.2, -0.15) is 5.26 Å². The number of hydrogen-bond donors (Lipinski definition) is 0. The van der Waals surface area contributed by atoms with Crippen LogP contribution in [0, 0.1) is 21.4 Å². The Morgan fingerprint density at radius 1 is 1.14 bits per heavy atom. The number of thiocarbonyl (C=S) groups is 1. The normalized spacial score (nSPS) is 9.48. The molecule has 2 aromatic rings. The smallest absolute Gasteiger partial charge is 0.363 e. The van der Waals surface area contributed by atoms with Crippen LogP contribution in [-0.2, 0) is 0 Å². The monoisotopic (exact) mass is 300 g/mol. The molecular formula is C14H8N2O4S. The fourth-order valence-corrected chi connectivity index (χ4v) is 1.67.